The van der Waals surface area contributed by atoms with Crippen molar-refractivity contribution >= 4 is 27.5 Å². The average Bonchev–Trinajstić information content (AvgIpc) is 2.75. The molecule has 2 aromatic carbocycles. The van der Waals surface area contributed by atoms with E-state index < -0.39 is 10.0 Å². The molecule has 2 heterocycles. The number of aryl methyl sites for hydroxylation is 1. The van der Waals surface area contributed by atoms with Gasteiger partial charge in [0.05, 0.1) is 4.90 Å². The molecule has 10 heteroatoms. The van der Waals surface area contributed by atoms with Crippen molar-refractivity contribution in [3.63, 3.8) is 0 Å². The first-order chi connectivity index (χ1) is 14.8. The number of nitrogens with zero attached hydrogens (tertiary/aromatic N) is 4. The molecule has 0 aliphatic carbocycles. The van der Waals surface area contributed by atoms with Crippen LogP contribution < -0.4 is 10.2 Å². The van der Waals surface area contributed by atoms with Crippen LogP contribution in [0.15, 0.2) is 59.5 Å². The van der Waals surface area contributed by atoms with Gasteiger partial charge in [-0.2, -0.15) is 9.29 Å². The molecule has 1 aliphatic heterocycles. The lowest BCUT2D eigenvalue weighted by Gasteiger charge is -2.34. The molecule has 0 saturated carbocycles. The molecule has 8 nitrogen and oxygen atoms in total. The van der Waals surface area contributed by atoms with Crippen molar-refractivity contribution in [1.29, 1.82) is 0 Å². The van der Waals surface area contributed by atoms with Crippen molar-refractivity contribution < 1.29 is 17.9 Å². The van der Waals surface area contributed by atoms with Crippen LogP contribution in [0.3, 0.4) is 0 Å². The zero-order valence-electron chi connectivity index (χ0n) is 16.9. The summed E-state index contributed by atoms with van der Waals surface area (Å²) in [7, 11) is -3.63. The Morgan fingerprint density at radius 3 is 2.26 bits per heavy atom. The number of sulfonamides is 1. The van der Waals surface area contributed by atoms with Gasteiger partial charge in [0.2, 0.25) is 16.0 Å². The molecule has 162 valence electrons. The third kappa shape index (κ3) is 4.75. The van der Waals surface area contributed by atoms with E-state index in [4.69, 9.17) is 0 Å². The summed E-state index contributed by atoms with van der Waals surface area (Å²) in [5, 5.41) is 12.5. The molecule has 0 spiro atoms. The van der Waals surface area contributed by atoms with Crippen LogP contribution in [0, 0.1) is 12.7 Å². The van der Waals surface area contributed by atoms with E-state index in [1.54, 1.807) is 18.2 Å². The van der Waals surface area contributed by atoms with E-state index in [2.05, 4.69) is 15.3 Å². The van der Waals surface area contributed by atoms with E-state index in [0.717, 1.165) is 5.69 Å². The molecule has 0 atom stereocenters. The Morgan fingerprint density at radius 2 is 1.61 bits per heavy atom. The van der Waals surface area contributed by atoms with Crippen molar-refractivity contribution in [2.75, 3.05) is 36.4 Å². The van der Waals surface area contributed by atoms with E-state index in [1.165, 1.54) is 40.7 Å². The maximum Gasteiger partial charge on any atom is 0.243 e. The SMILES string of the molecule is Cc1cc(Nc2ccc(F)cc2)nc(N2CCN(S(=O)(=O)c3ccc(O)cc3)CC2)n1. The molecule has 2 N–H and O–H groups in total. The summed E-state index contributed by atoms with van der Waals surface area (Å²) < 4.78 is 40.2. The Hall–Kier alpha value is -3.24. The van der Waals surface area contributed by atoms with Gasteiger partial charge in [-0.3, -0.25) is 0 Å². The van der Waals surface area contributed by atoms with Gasteiger partial charge < -0.3 is 15.3 Å². The number of halogens is 1. The lowest BCUT2D eigenvalue weighted by atomic mass is 10.3. The number of rotatable bonds is 5. The first kappa shape index (κ1) is 21.0. The summed E-state index contributed by atoms with van der Waals surface area (Å²) in [6.07, 6.45) is 0. The van der Waals surface area contributed by atoms with Crippen LogP contribution in [0.5, 0.6) is 5.75 Å². The smallest absolute Gasteiger partial charge is 0.243 e. The van der Waals surface area contributed by atoms with E-state index in [0.29, 0.717) is 43.6 Å². The van der Waals surface area contributed by atoms with Gasteiger partial charge in [-0.05, 0) is 55.5 Å². The molecule has 0 radical (unpaired) electrons. The number of aromatic nitrogens is 2. The highest BCUT2D eigenvalue weighted by atomic mass is 32.2. The Labute approximate surface area is 180 Å². The highest BCUT2D eigenvalue weighted by Crippen LogP contribution is 2.23. The number of benzene rings is 2. The standard InChI is InChI=1S/C21H22FN5O3S/c1-15-14-20(24-17-4-2-16(22)3-5-17)25-21(23-15)26-10-12-27(13-11-26)31(29,30)19-8-6-18(28)7-9-19/h2-9,14,28H,10-13H2,1H3,(H,23,24,25). The third-order valence-corrected chi connectivity index (χ3v) is 6.87. The number of aromatic hydroxyl groups is 1. The van der Waals surface area contributed by atoms with Crippen LogP contribution in [-0.4, -0.2) is 54.0 Å². The van der Waals surface area contributed by atoms with Gasteiger partial charge in [0.1, 0.15) is 17.4 Å². The lowest BCUT2D eigenvalue weighted by Crippen LogP contribution is -2.49. The normalized spacial score (nSPS) is 15.1. The summed E-state index contributed by atoms with van der Waals surface area (Å²) >= 11 is 0. The fourth-order valence-electron chi connectivity index (χ4n) is 3.34. The van der Waals surface area contributed by atoms with E-state index in [9.17, 15) is 17.9 Å². The van der Waals surface area contributed by atoms with Crippen LogP contribution in [0.4, 0.5) is 21.8 Å². The molecular weight excluding hydrogens is 421 g/mol. The first-order valence-electron chi connectivity index (χ1n) is 9.74. The van der Waals surface area contributed by atoms with Gasteiger partial charge in [-0.1, -0.05) is 0 Å². The number of hydrogen-bond donors (Lipinski definition) is 2. The third-order valence-electron chi connectivity index (χ3n) is 4.96. The van der Waals surface area contributed by atoms with Gasteiger partial charge in [0.15, 0.2) is 0 Å². The fourth-order valence-corrected chi connectivity index (χ4v) is 4.76. The minimum atomic E-state index is -3.63. The summed E-state index contributed by atoms with van der Waals surface area (Å²) in [5.41, 5.74) is 1.46. The topological polar surface area (TPSA) is 98.7 Å². The number of piperazine rings is 1. The molecule has 0 bridgehead atoms. The van der Waals surface area contributed by atoms with Crippen molar-refractivity contribution in [3.05, 3.63) is 66.1 Å². The Balaban J connectivity index is 1.46. The van der Waals surface area contributed by atoms with Crippen LogP contribution in [0.2, 0.25) is 0 Å². The van der Waals surface area contributed by atoms with Gasteiger partial charge in [0, 0.05) is 43.6 Å². The maximum absolute atomic E-state index is 13.1. The molecular formula is C21H22FN5O3S. The Kier molecular flexibility index (Phi) is 5.75. The average molecular weight is 444 g/mol. The monoisotopic (exact) mass is 443 g/mol. The zero-order chi connectivity index (χ0) is 22.0. The number of nitrogens with one attached hydrogen (secondary N) is 1. The van der Waals surface area contributed by atoms with E-state index in [1.807, 2.05) is 11.8 Å². The summed E-state index contributed by atoms with van der Waals surface area (Å²) in [4.78, 5) is 11.1. The quantitative estimate of drug-likeness (QED) is 0.626. The predicted octanol–water partition coefficient (Wildman–Crippen LogP) is 2.88. The minimum Gasteiger partial charge on any atom is -0.508 e. The maximum atomic E-state index is 13.1. The lowest BCUT2D eigenvalue weighted by molar-refractivity contribution is 0.382. The predicted molar refractivity (Wildman–Crippen MR) is 116 cm³/mol. The number of phenolic OH excluding ortho intramolecular Hbond substituents is 1. The number of phenols is 1. The van der Waals surface area contributed by atoms with Crippen LogP contribution >= 0.6 is 0 Å². The fraction of sp³-hybridized carbons (Fsp3) is 0.238. The van der Waals surface area contributed by atoms with Crippen molar-refractivity contribution in [2.24, 2.45) is 0 Å². The molecule has 4 rings (SSSR count). The van der Waals surface area contributed by atoms with Gasteiger partial charge in [-0.15, -0.1) is 0 Å². The second kappa shape index (κ2) is 8.48. The molecule has 1 aliphatic rings. The zero-order valence-corrected chi connectivity index (χ0v) is 17.7. The second-order valence-corrected chi connectivity index (χ2v) is 9.15. The van der Waals surface area contributed by atoms with Crippen molar-refractivity contribution in [2.45, 2.75) is 11.8 Å². The number of hydrogen-bond acceptors (Lipinski definition) is 7. The van der Waals surface area contributed by atoms with Crippen LogP contribution in [0.25, 0.3) is 0 Å². The second-order valence-electron chi connectivity index (χ2n) is 7.21. The summed E-state index contributed by atoms with van der Waals surface area (Å²) in [6, 6.07) is 13.3. The molecule has 31 heavy (non-hydrogen) atoms. The highest BCUT2D eigenvalue weighted by Gasteiger charge is 2.29. The van der Waals surface area contributed by atoms with Crippen LogP contribution in [0.1, 0.15) is 5.69 Å². The van der Waals surface area contributed by atoms with E-state index >= 15 is 0 Å². The van der Waals surface area contributed by atoms with E-state index in [-0.39, 0.29) is 16.5 Å². The molecule has 0 unspecified atom stereocenters. The largest absolute Gasteiger partial charge is 0.508 e. The summed E-state index contributed by atoms with van der Waals surface area (Å²) in [6.45, 7) is 3.32. The number of anilines is 3. The first-order valence-corrected chi connectivity index (χ1v) is 11.2. The molecule has 0 amide bonds. The molecule has 1 saturated heterocycles. The van der Waals surface area contributed by atoms with Crippen molar-refractivity contribution in [3.8, 4) is 5.75 Å². The summed E-state index contributed by atoms with van der Waals surface area (Å²) in [5.74, 6) is 0.787. The minimum absolute atomic E-state index is 0.0189. The van der Waals surface area contributed by atoms with Crippen molar-refractivity contribution in [1.82, 2.24) is 14.3 Å². The van der Waals surface area contributed by atoms with Crippen LogP contribution in [-0.2, 0) is 10.0 Å². The van der Waals surface area contributed by atoms with Gasteiger partial charge in [0.25, 0.3) is 0 Å². The van der Waals surface area contributed by atoms with Gasteiger partial charge in [-0.25, -0.2) is 17.8 Å². The highest BCUT2D eigenvalue weighted by molar-refractivity contribution is 7.89. The molecule has 1 fully saturated rings. The Bertz CT molecular complexity index is 1160. The molecule has 1 aromatic heterocycles. The molecule has 3 aromatic rings. The van der Waals surface area contributed by atoms with Gasteiger partial charge >= 0.3 is 0 Å². The Morgan fingerprint density at radius 1 is 0.968 bits per heavy atom.